The molecule has 0 amide bonds. The highest BCUT2D eigenvalue weighted by molar-refractivity contribution is 7.80. The minimum atomic E-state index is 0.0844. The summed E-state index contributed by atoms with van der Waals surface area (Å²) in [6, 6.07) is 8.05. The quantitative estimate of drug-likeness (QED) is 0.677. The Morgan fingerprint density at radius 1 is 1.35 bits per heavy atom. The second-order valence-corrected chi connectivity index (χ2v) is 5.70. The van der Waals surface area contributed by atoms with Gasteiger partial charge in [-0.1, -0.05) is 6.92 Å². The summed E-state index contributed by atoms with van der Waals surface area (Å²) in [6.45, 7) is 4.83. The number of likely N-dealkylation sites (tertiary alicyclic amines) is 1. The first-order chi connectivity index (χ1) is 9.61. The lowest BCUT2D eigenvalue weighted by Crippen LogP contribution is -2.45. The molecule has 0 aliphatic carbocycles. The van der Waals surface area contributed by atoms with Crippen molar-refractivity contribution in [3.05, 3.63) is 29.8 Å². The Balaban J connectivity index is 2.01. The van der Waals surface area contributed by atoms with Crippen molar-refractivity contribution < 1.29 is 4.79 Å². The smallest absolute Gasteiger partial charge is 0.173 e. The number of carbonyl (C=O) groups is 1. The van der Waals surface area contributed by atoms with E-state index >= 15 is 0 Å². The molecule has 0 aromatic heterocycles. The number of nitrogens with zero attached hydrogens (tertiary/aromatic N) is 1. The van der Waals surface area contributed by atoms with E-state index in [0.717, 1.165) is 29.3 Å². The van der Waals surface area contributed by atoms with Gasteiger partial charge in [0.1, 0.15) is 0 Å². The normalized spacial score (nSPS) is 18.7. The van der Waals surface area contributed by atoms with Crippen LogP contribution in [-0.4, -0.2) is 28.4 Å². The van der Waals surface area contributed by atoms with Crippen molar-refractivity contribution >= 4 is 28.8 Å². The summed E-state index contributed by atoms with van der Waals surface area (Å²) in [6.07, 6.45) is 4.86. The van der Waals surface area contributed by atoms with Crippen LogP contribution in [0.5, 0.6) is 0 Å². The van der Waals surface area contributed by atoms with E-state index in [1.807, 2.05) is 24.3 Å². The van der Waals surface area contributed by atoms with Gasteiger partial charge in [0.25, 0.3) is 0 Å². The number of hydrogen-bond acceptors (Lipinski definition) is 2. The van der Waals surface area contributed by atoms with E-state index in [-0.39, 0.29) is 5.78 Å². The maximum Gasteiger partial charge on any atom is 0.173 e. The van der Waals surface area contributed by atoms with Gasteiger partial charge in [-0.2, -0.15) is 0 Å². The van der Waals surface area contributed by atoms with Crippen LogP contribution in [0.4, 0.5) is 5.69 Å². The van der Waals surface area contributed by atoms with Crippen LogP contribution in [0.1, 0.15) is 49.9 Å². The van der Waals surface area contributed by atoms with Crippen molar-refractivity contribution in [1.29, 1.82) is 0 Å². The fourth-order valence-electron chi connectivity index (χ4n) is 2.68. The van der Waals surface area contributed by atoms with E-state index in [1.165, 1.54) is 19.3 Å². The maximum absolute atomic E-state index is 11.3. The van der Waals surface area contributed by atoms with E-state index in [2.05, 4.69) is 17.1 Å². The molecule has 0 spiro atoms. The number of Topliss-reactive ketones (excluding diaryl/α,β-unsaturated/α-hetero) is 1. The van der Waals surface area contributed by atoms with Crippen LogP contribution >= 0.6 is 12.2 Å². The second-order valence-electron chi connectivity index (χ2n) is 5.31. The van der Waals surface area contributed by atoms with Gasteiger partial charge in [-0.05, 0) is 69.1 Å². The van der Waals surface area contributed by atoms with Crippen LogP contribution in [-0.2, 0) is 0 Å². The molecule has 0 bridgehead atoms. The molecular formula is C16H22N2OS. The molecule has 1 saturated heterocycles. The van der Waals surface area contributed by atoms with Crippen molar-refractivity contribution in [2.75, 3.05) is 11.9 Å². The summed E-state index contributed by atoms with van der Waals surface area (Å²) < 4.78 is 0. The Bertz CT molecular complexity index is 484. The zero-order valence-corrected chi connectivity index (χ0v) is 13.0. The zero-order valence-electron chi connectivity index (χ0n) is 12.2. The predicted molar refractivity (Wildman–Crippen MR) is 87.3 cm³/mol. The molecule has 108 valence electrons. The van der Waals surface area contributed by atoms with Crippen LogP contribution in [0.25, 0.3) is 0 Å². The van der Waals surface area contributed by atoms with Crippen molar-refractivity contribution in [3.8, 4) is 0 Å². The number of carbonyl (C=O) groups excluding carboxylic acids is 1. The summed E-state index contributed by atoms with van der Waals surface area (Å²) in [7, 11) is 0. The number of rotatable bonds is 3. The van der Waals surface area contributed by atoms with E-state index in [0.29, 0.717) is 6.04 Å². The Hall–Kier alpha value is -1.42. The maximum atomic E-state index is 11.3. The number of anilines is 1. The molecule has 1 aromatic rings. The van der Waals surface area contributed by atoms with Gasteiger partial charge in [-0.25, -0.2) is 0 Å². The molecule has 1 heterocycles. The summed E-state index contributed by atoms with van der Waals surface area (Å²) in [4.78, 5) is 13.6. The Kier molecular flexibility index (Phi) is 5.12. The lowest BCUT2D eigenvalue weighted by atomic mass is 10.0. The molecule has 1 aromatic carbocycles. The molecule has 0 radical (unpaired) electrons. The molecule has 1 aliphatic rings. The highest BCUT2D eigenvalue weighted by Crippen LogP contribution is 2.21. The first-order valence-corrected chi connectivity index (χ1v) is 7.71. The van der Waals surface area contributed by atoms with Gasteiger partial charge in [0, 0.05) is 23.8 Å². The van der Waals surface area contributed by atoms with Gasteiger partial charge in [0.2, 0.25) is 0 Å². The average Bonchev–Trinajstić information content (AvgIpc) is 2.47. The molecule has 1 fully saturated rings. The third-order valence-electron chi connectivity index (χ3n) is 3.90. The summed E-state index contributed by atoms with van der Waals surface area (Å²) in [5.41, 5.74) is 1.67. The fourth-order valence-corrected chi connectivity index (χ4v) is 3.03. The van der Waals surface area contributed by atoms with Crippen LogP contribution in [0.15, 0.2) is 24.3 Å². The largest absolute Gasteiger partial charge is 0.346 e. The third-order valence-corrected chi connectivity index (χ3v) is 4.24. The van der Waals surface area contributed by atoms with Gasteiger partial charge in [0.15, 0.2) is 10.9 Å². The minimum absolute atomic E-state index is 0.0844. The van der Waals surface area contributed by atoms with Crippen LogP contribution in [0.2, 0.25) is 0 Å². The van der Waals surface area contributed by atoms with Crippen LogP contribution in [0.3, 0.4) is 0 Å². The average molecular weight is 290 g/mol. The summed E-state index contributed by atoms with van der Waals surface area (Å²) in [5.74, 6) is 0.0844. The summed E-state index contributed by atoms with van der Waals surface area (Å²) in [5, 5.41) is 4.09. The number of ketones is 1. The lowest BCUT2D eigenvalue weighted by molar-refractivity contribution is 0.101. The minimum Gasteiger partial charge on any atom is -0.346 e. The van der Waals surface area contributed by atoms with Crippen molar-refractivity contribution in [2.24, 2.45) is 0 Å². The van der Waals surface area contributed by atoms with E-state index < -0.39 is 0 Å². The van der Waals surface area contributed by atoms with E-state index in [4.69, 9.17) is 12.2 Å². The van der Waals surface area contributed by atoms with Crippen molar-refractivity contribution in [3.63, 3.8) is 0 Å². The number of hydrogen-bond donors (Lipinski definition) is 1. The van der Waals surface area contributed by atoms with Crippen molar-refractivity contribution in [1.82, 2.24) is 4.90 Å². The van der Waals surface area contributed by atoms with Gasteiger partial charge in [-0.15, -0.1) is 0 Å². The molecule has 1 aliphatic heterocycles. The SMILES string of the molecule is CC[C@H]1CCCCN1C(=S)Nc1ccc(C(C)=O)cc1. The molecule has 0 unspecified atom stereocenters. The van der Waals surface area contributed by atoms with Crippen LogP contribution in [0, 0.1) is 0 Å². The standard InChI is InChI=1S/C16H22N2OS/c1-3-15-6-4-5-11-18(15)16(20)17-14-9-7-13(8-10-14)12(2)19/h7-10,15H,3-6,11H2,1-2H3,(H,17,20)/t15-/m0/s1. The monoisotopic (exact) mass is 290 g/mol. The molecule has 4 heteroatoms. The Morgan fingerprint density at radius 2 is 2.05 bits per heavy atom. The molecule has 0 saturated carbocycles. The van der Waals surface area contributed by atoms with Crippen molar-refractivity contribution in [2.45, 2.75) is 45.6 Å². The molecule has 1 atom stereocenters. The fraction of sp³-hybridized carbons (Fsp3) is 0.500. The molecule has 2 rings (SSSR count). The molecule has 20 heavy (non-hydrogen) atoms. The zero-order chi connectivity index (χ0) is 14.5. The first kappa shape index (κ1) is 15.0. The number of thiocarbonyl (C=S) groups is 1. The Morgan fingerprint density at radius 3 is 2.65 bits per heavy atom. The molecular weight excluding hydrogens is 268 g/mol. The highest BCUT2D eigenvalue weighted by atomic mass is 32.1. The van der Waals surface area contributed by atoms with Gasteiger partial charge < -0.3 is 10.2 Å². The molecule has 1 N–H and O–H groups in total. The topological polar surface area (TPSA) is 32.3 Å². The van der Waals surface area contributed by atoms with Gasteiger partial charge in [-0.3, -0.25) is 4.79 Å². The van der Waals surface area contributed by atoms with E-state index in [1.54, 1.807) is 6.92 Å². The number of piperidine rings is 1. The lowest BCUT2D eigenvalue weighted by Gasteiger charge is -2.37. The number of nitrogens with one attached hydrogen (secondary N) is 1. The third kappa shape index (κ3) is 3.57. The predicted octanol–water partition coefficient (Wildman–Crippen LogP) is 3.85. The summed E-state index contributed by atoms with van der Waals surface area (Å²) >= 11 is 5.53. The van der Waals surface area contributed by atoms with Gasteiger partial charge in [0.05, 0.1) is 0 Å². The second kappa shape index (κ2) is 6.84. The first-order valence-electron chi connectivity index (χ1n) is 7.30. The highest BCUT2D eigenvalue weighted by Gasteiger charge is 2.22. The molecule has 3 nitrogen and oxygen atoms in total. The van der Waals surface area contributed by atoms with E-state index in [9.17, 15) is 4.79 Å². The van der Waals surface area contributed by atoms with Crippen LogP contribution < -0.4 is 5.32 Å². The number of benzene rings is 1. The van der Waals surface area contributed by atoms with Gasteiger partial charge >= 0.3 is 0 Å². The Labute approximate surface area is 126 Å².